The number of alkyl halides is 3. The number of benzene rings is 2. The first-order valence-corrected chi connectivity index (χ1v) is 8.50. The monoisotopic (exact) mass is 404 g/mol. The minimum atomic E-state index is -4.38. The first kappa shape index (κ1) is 18.0. The molecular weight excluding hydrogens is 396 g/mol. The molecule has 0 unspecified atom stereocenters. The molecule has 0 aliphatic carbocycles. The van der Waals surface area contributed by atoms with E-state index in [1.165, 1.54) is 12.1 Å². The van der Waals surface area contributed by atoms with E-state index >= 15 is 0 Å². The van der Waals surface area contributed by atoms with Crippen LogP contribution in [0.4, 0.5) is 13.2 Å². The van der Waals surface area contributed by atoms with Crippen molar-refractivity contribution in [3.63, 3.8) is 0 Å². The Labute approximate surface area is 155 Å². The minimum Gasteiger partial charge on any atom is -0.430 e. The fraction of sp³-hybridized carbons (Fsp3) is 0.125. The van der Waals surface area contributed by atoms with Crippen LogP contribution in [0.25, 0.3) is 0 Å². The highest BCUT2D eigenvalue weighted by molar-refractivity contribution is 7.13. The highest BCUT2D eigenvalue weighted by Gasteiger charge is 2.30. The summed E-state index contributed by atoms with van der Waals surface area (Å²) in [5.74, 6) is 0.441. The molecule has 0 saturated carbocycles. The number of aromatic nitrogens is 2. The number of hydrogen-bond acceptors (Lipinski definition) is 4. The topological polar surface area (TPSA) is 35.0 Å². The molecule has 0 aliphatic rings. The van der Waals surface area contributed by atoms with Crippen LogP contribution >= 0.6 is 34.5 Å². The maximum Gasteiger partial charge on any atom is 0.416 e. The van der Waals surface area contributed by atoms with Gasteiger partial charge in [-0.05, 0) is 23.8 Å². The lowest BCUT2D eigenvalue weighted by Gasteiger charge is -2.07. The Balaban J connectivity index is 1.72. The highest BCUT2D eigenvalue weighted by Crippen LogP contribution is 2.32. The third kappa shape index (κ3) is 4.62. The Morgan fingerprint density at radius 1 is 1.00 bits per heavy atom. The van der Waals surface area contributed by atoms with Crippen molar-refractivity contribution in [1.82, 2.24) is 10.2 Å². The molecule has 0 N–H and O–H groups in total. The van der Waals surface area contributed by atoms with E-state index in [1.807, 2.05) is 0 Å². The van der Waals surface area contributed by atoms with Crippen LogP contribution in [-0.4, -0.2) is 10.2 Å². The van der Waals surface area contributed by atoms with Gasteiger partial charge < -0.3 is 4.74 Å². The van der Waals surface area contributed by atoms with Crippen LogP contribution in [0.2, 0.25) is 10.0 Å². The highest BCUT2D eigenvalue weighted by atomic mass is 35.5. The fourth-order valence-corrected chi connectivity index (χ4v) is 3.05. The average Bonchev–Trinajstić information content (AvgIpc) is 2.97. The van der Waals surface area contributed by atoms with Crippen LogP contribution in [0, 0.1) is 0 Å². The first-order chi connectivity index (χ1) is 11.8. The van der Waals surface area contributed by atoms with E-state index in [-0.39, 0.29) is 11.6 Å². The maximum atomic E-state index is 12.7. The Morgan fingerprint density at radius 2 is 1.80 bits per heavy atom. The van der Waals surface area contributed by atoms with E-state index < -0.39 is 11.7 Å². The molecule has 0 radical (unpaired) electrons. The molecule has 9 heteroatoms. The molecule has 0 bridgehead atoms. The van der Waals surface area contributed by atoms with Crippen LogP contribution < -0.4 is 4.74 Å². The van der Waals surface area contributed by atoms with E-state index in [4.69, 9.17) is 27.9 Å². The summed E-state index contributed by atoms with van der Waals surface area (Å²) in [4.78, 5) is 0. The zero-order chi connectivity index (χ0) is 18.0. The van der Waals surface area contributed by atoms with Gasteiger partial charge >= 0.3 is 6.18 Å². The lowest BCUT2D eigenvalue weighted by molar-refractivity contribution is -0.137. The summed E-state index contributed by atoms with van der Waals surface area (Å²) in [7, 11) is 0. The number of halogens is 5. The molecule has 3 aromatic rings. The number of nitrogens with zero attached hydrogens (tertiary/aromatic N) is 2. The van der Waals surface area contributed by atoms with Gasteiger partial charge in [-0.2, -0.15) is 13.2 Å². The molecule has 0 amide bonds. The molecule has 0 fully saturated rings. The first-order valence-electron chi connectivity index (χ1n) is 6.93. The van der Waals surface area contributed by atoms with E-state index in [2.05, 4.69) is 10.2 Å². The lowest BCUT2D eigenvalue weighted by Crippen LogP contribution is -2.05. The summed E-state index contributed by atoms with van der Waals surface area (Å²) in [5, 5.41) is 9.36. The summed E-state index contributed by atoms with van der Waals surface area (Å²) < 4.78 is 43.8. The molecule has 130 valence electrons. The Hall–Kier alpha value is -1.83. The zero-order valence-corrected chi connectivity index (χ0v) is 14.7. The van der Waals surface area contributed by atoms with Gasteiger partial charge in [-0.3, -0.25) is 0 Å². The molecule has 0 aliphatic heterocycles. The van der Waals surface area contributed by atoms with Crippen LogP contribution in [0.5, 0.6) is 10.9 Å². The minimum absolute atomic E-state index is 0.228. The molecule has 2 aromatic carbocycles. The van der Waals surface area contributed by atoms with E-state index in [0.29, 0.717) is 26.4 Å². The second-order valence-electron chi connectivity index (χ2n) is 5.01. The maximum absolute atomic E-state index is 12.7. The van der Waals surface area contributed by atoms with Gasteiger partial charge in [0.05, 0.1) is 15.6 Å². The molecule has 0 atom stereocenters. The van der Waals surface area contributed by atoms with Gasteiger partial charge in [0.25, 0.3) is 5.19 Å². The average molecular weight is 405 g/mol. The van der Waals surface area contributed by atoms with Crippen LogP contribution in [0.15, 0.2) is 42.5 Å². The van der Waals surface area contributed by atoms with Gasteiger partial charge in [-0.15, -0.1) is 5.10 Å². The molecule has 3 rings (SSSR count). The predicted molar refractivity (Wildman–Crippen MR) is 90.7 cm³/mol. The number of rotatable bonds is 4. The van der Waals surface area contributed by atoms with Crippen molar-refractivity contribution in [2.24, 2.45) is 0 Å². The van der Waals surface area contributed by atoms with Gasteiger partial charge in [0.2, 0.25) is 0 Å². The van der Waals surface area contributed by atoms with Crippen molar-refractivity contribution in [2.75, 3.05) is 0 Å². The van der Waals surface area contributed by atoms with Gasteiger partial charge in [-0.25, -0.2) is 0 Å². The van der Waals surface area contributed by atoms with E-state index in [1.54, 1.807) is 18.2 Å². The third-order valence-electron chi connectivity index (χ3n) is 3.15. The third-order valence-corrected chi connectivity index (χ3v) is 4.69. The summed E-state index contributed by atoms with van der Waals surface area (Å²) in [6, 6.07) is 9.86. The second kappa shape index (κ2) is 7.19. The number of hydrogen-bond donors (Lipinski definition) is 0. The van der Waals surface area contributed by atoms with Crippen molar-refractivity contribution in [2.45, 2.75) is 12.6 Å². The largest absolute Gasteiger partial charge is 0.430 e. The molecule has 0 saturated heterocycles. The van der Waals surface area contributed by atoms with Crippen LogP contribution in [-0.2, 0) is 12.6 Å². The smallest absolute Gasteiger partial charge is 0.416 e. The Morgan fingerprint density at radius 3 is 2.52 bits per heavy atom. The summed E-state index contributed by atoms with van der Waals surface area (Å²) >= 11 is 12.9. The number of ether oxygens (including phenoxy) is 1. The van der Waals surface area contributed by atoms with E-state index in [0.717, 1.165) is 23.5 Å². The quantitative estimate of drug-likeness (QED) is 0.515. The SMILES string of the molecule is FC(F)(F)c1cccc(Cc2nnc(Oc3ccc(Cl)c(Cl)c3)s2)c1. The summed E-state index contributed by atoms with van der Waals surface area (Å²) in [5.41, 5.74) is -0.200. The summed E-state index contributed by atoms with van der Waals surface area (Å²) in [6.45, 7) is 0. The van der Waals surface area contributed by atoms with E-state index in [9.17, 15) is 13.2 Å². The molecule has 1 aromatic heterocycles. The van der Waals surface area contributed by atoms with Crippen LogP contribution in [0.1, 0.15) is 16.1 Å². The standard InChI is InChI=1S/C16H9Cl2F3N2OS/c17-12-5-4-11(8-13(12)18)24-15-23-22-14(25-15)7-9-2-1-3-10(6-9)16(19,20)21/h1-6,8H,7H2. The molecule has 25 heavy (non-hydrogen) atoms. The van der Waals surface area contributed by atoms with Crippen molar-refractivity contribution in [3.05, 3.63) is 68.6 Å². The fourth-order valence-electron chi connectivity index (χ4n) is 2.02. The van der Waals surface area contributed by atoms with Crippen molar-refractivity contribution in [3.8, 4) is 10.9 Å². The van der Waals surface area contributed by atoms with Crippen LogP contribution in [0.3, 0.4) is 0 Å². The second-order valence-corrected chi connectivity index (χ2v) is 6.85. The van der Waals surface area contributed by atoms with Gasteiger partial charge in [0.15, 0.2) is 0 Å². The van der Waals surface area contributed by atoms with Crippen molar-refractivity contribution < 1.29 is 17.9 Å². The molecule has 0 spiro atoms. The lowest BCUT2D eigenvalue weighted by atomic mass is 10.1. The normalized spacial score (nSPS) is 11.6. The molecular formula is C16H9Cl2F3N2OS. The van der Waals surface area contributed by atoms with Gasteiger partial charge in [0.1, 0.15) is 10.8 Å². The van der Waals surface area contributed by atoms with Crippen molar-refractivity contribution >= 4 is 34.5 Å². The molecule has 1 heterocycles. The molecule has 3 nitrogen and oxygen atoms in total. The Bertz CT molecular complexity index is 899. The zero-order valence-electron chi connectivity index (χ0n) is 12.3. The predicted octanol–water partition coefficient (Wildman–Crippen LogP) is 6.25. The van der Waals surface area contributed by atoms with Gasteiger partial charge in [-0.1, -0.05) is 57.8 Å². The van der Waals surface area contributed by atoms with Crippen molar-refractivity contribution in [1.29, 1.82) is 0 Å². The Kier molecular flexibility index (Phi) is 5.17. The summed E-state index contributed by atoms with van der Waals surface area (Å²) in [6.07, 6.45) is -4.15. The van der Waals surface area contributed by atoms with Gasteiger partial charge in [0, 0.05) is 12.5 Å².